The Morgan fingerprint density at radius 3 is 0.889 bits per heavy atom. The van der Waals surface area contributed by atoms with Crippen molar-refractivity contribution < 1.29 is 138 Å². The zero-order valence-electron chi connectivity index (χ0n) is 85.8. The van der Waals surface area contributed by atoms with Gasteiger partial charge in [-0.1, -0.05) is 153 Å². The summed E-state index contributed by atoms with van der Waals surface area (Å²) in [5, 5.41) is 121. The van der Waals surface area contributed by atoms with Gasteiger partial charge in [0.2, 0.25) is 0 Å². The van der Waals surface area contributed by atoms with Crippen molar-refractivity contribution >= 4 is 47.8 Å². The first-order valence-electron chi connectivity index (χ1n) is 55.4. The number of hydrogen-bond acceptors (Lipinski definition) is 24. The van der Waals surface area contributed by atoms with E-state index in [-0.39, 0.29) is 154 Å². The Bertz CT molecular complexity index is 4740. The Morgan fingerprint density at radius 1 is 0.312 bits per heavy atom. The number of carboxylic acids is 4. The Balaban J connectivity index is 0.000000161. The van der Waals surface area contributed by atoms with E-state index in [1.807, 2.05) is 48.5 Å². The van der Waals surface area contributed by atoms with Gasteiger partial charge >= 0.3 is 47.8 Å². The maximum atomic E-state index is 12.4. The molecule has 8 fully saturated rings. The van der Waals surface area contributed by atoms with Crippen molar-refractivity contribution in [1.82, 2.24) is 0 Å². The number of benzene rings is 4. The van der Waals surface area contributed by atoms with E-state index >= 15 is 0 Å². The molecule has 0 heterocycles. The normalized spacial score (nSPS) is 29.7. The SMILES string of the molecule is CCCCC[C@H](O)CC[C@@H]1[C@H]2Cc3cccc(OCC(=O)OC4CC(C(=O)O)C4)c3C[C@H]2C[C@H]1O.CCCCC[C@H](O)CC[C@@H]1[C@H]2Cc3cccc(OCC(=O)OC4CC(CC(=O)O)C4)c3C[C@H]2C[C@H]1O.CCCCC[C@H](O)CC[C@@H]1[C@H]2Cc3cccc(OCC(=O)OC4CCC(C(=O)O)CC4)c3C[C@H]2C[C@H]1O.CCCCC[C@H](O)CC[C@@H]1[C@H]2Cc3cccc(OCC(=O)OCC4CC(C(=O)O)C4)c3C[C@H]2C[C@H]1O. The predicted octanol–water partition coefficient (Wildman–Crippen LogP) is 17.0. The molecular weight excluding hydrogens is 1840 g/mol. The van der Waals surface area contributed by atoms with Gasteiger partial charge in [-0.2, -0.15) is 0 Å². The van der Waals surface area contributed by atoms with Gasteiger partial charge in [0.05, 0.1) is 73.2 Å². The molecule has 28 heteroatoms. The highest BCUT2D eigenvalue weighted by Gasteiger charge is 2.51. The quantitative estimate of drug-likeness (QED) is 0.0111. The lowest BCUT2D eigenvalue weighted by atomic mass is 9.73. The van der Waals surface area contributed by atoms with Crippen molar-refractivity contribution in [2.45, 2.75) is 397 Å². The van der Waals surface area contributed by atoms with Gasteiger partial charge in [0, 0.05) is 6.42 Å². The van der Waals surface area contributed by atoms with Crippen molar-refractivity contribution in [2.24, 2.45) is 101 Å². The number of aliphatic hydroxyl groups is 8. The third kappa shape index (κ3) is 32.0. The number of fused-ring (bicyclic) bond motifs is 8. The van der Waals surface area contributed by atoms with Crippen LogP contribution in [0.2, 0.25) is 0 Å². The molecule has 0 amide bonds. The summed E-state index contributed by atoms with van der Waals surface area (Å²) in [4.78, 5) is 92.8. The highest BCUT2D eigenvalue weighted by molar-refractivity contribution is 5.75. The number of carboxylic acid groups (broad SMARTS) is 4. The lowest BCUT2D eigenvalue weighted by molar-refractivity contribution is -0.165. The number of unbranched alkanes of at least 4 members (excludes halogenated alkanes) is 8. The number of ether oxygens (including phenoxy) is 8. The summed E-state index contributed by atoms with van der Waals surface area (Å²) in [5.74, 6) is 1.03. The van der Waals surface area contributed by atoms with Crippen molar-refractivity contribution in [2.75, 3.05) is 33.0 Å². The number of carbonyl (C=O) groups is 8. The van der Waals surface area contributed by atoms with E-state index in [4.69, 9.17) is 58.3 Å². The topological polar surface area (TPSA) is 453 Å². The minimum Gasteiger partial charge on any atom is -0.482 e. The standard InChI is InChI=1S/C30H44O7.2C29H42O7.C28H40O7/c1-2-3-4-7-22(31)11-14-24-25-15-20-6-5-8-28(26(20)16-21(25)17-27(24)32)36-18-29(33)37-23-12-9-19(10-13-23)30(34)35;1-2-3-4-7-22(30)9-10-23-24-13-19-6-5-8-27(25(19)14-20(24)15-26(23)31)35-17-28(32)36-16-18-11-21(12-18)29(33)34;1-2-3-4-7-21(30)9-10-23-24-14-19-6-5-8-27(25(19)15-20(24)16-26(23)31)35-17-29(34)36-22-11-18(12-22)13-28(32)33;1-2-3-4-7-20(29)9-10-22-23-13-17-6-5-8-26(24(17)14-18(23)15-25(22)30)34-16-27(31)35-21-11-19(12-21)28(32)33/h5-6,8,19,21-25,27,31-32H,2-4,7,9-18H2,1H3,(H,34,35);5-6,8,18,20-24,26,30-31H,2-4,7,9-17H2,1H3,(H,33,34);5-6,8,18,20-24,26,30-31H,2-4,7,9-17H2,1H3,(H,32,33);5-6,8,18-23,25,29-30H,2-4,7,9-16H2,1H3,(H,32,33)/t19?,21-,22-,23?,24+,25-,27+;18?,20-,21?,22-,23+,24-,26+;18?,20-,21-,22?,23+,24-,26+;18-,19?,20-,21?,22+,23-,25+/m0000/s1. The van der Waals surface area contributed by atoms with Gasteiger partial charge < -0.3 is 99.2 Å². The molecule has 0 aromatic heterocycles. The number of aliphatic hydroxyl groups excluding tert-OH is 8. The number of aliphatic carboxylic acids is 4. The van der Waals surface area contributed by atoms with Crippen LogP contribution in [0.4, 0.5) is 0 Å². The van der Waals surface area contributed by atoms with Crippen molar-refractivity contribution in [3.8, 4) is 23.0 Å². The Morgan fingerprint density at radius 2 is 0.597 bits per heavy atom. The first-order chi connectivity index (χ1) is 69.4. The van der Waals surface area contributed by atoms with Gasteiger partial charge in [0.1, 0.15) is 41.3 Å². The molecule has 4 aromatic carbocycles. The summed E-state index contributed by atoms with van der Waals surface area (Å²) in [6.07, 6.45) is 35.4. The highest BCUT2D eigenvalue weighted by atomic mass is 16.6. The van der Waals surface area contributed by atoms with Gasteiger partial charge in [0.25, 0.3) is 0 Å². The van der Waals surface area contributed by atoms with Crippen LogP contribution in [0, 0.1) is 101 Å². The second-order valence-corrected chi connectivity index (χ2v) is 44.9. The largest absolute Gasteiger partial charge is 0.482 e. The van der Waals surface area contributed by atoms with Crippen LogP contribution in [0.25, 0.3) is 0 Å². The third-order valence-corrected chi connectivity index (χ3v) is 34.7. The molecule has 4 aromatic rings. The second kappa shape index (κ2) is 55.7. The van der Waals surface area contributed by atoms with Crippen LogP contribution in [-0.4, -0.2) is 209 Å². The van der Waals surface area contributed by atoms with Crippen LogP contribution < -0.4 is 18.9 Å². The molecule has 144 heavy (non-hydrogen) atoms. The molecule has 0 unspecified atom stereocenters. The Hall–Kier alpha value is -8.48. The molecule has 20 atom stereocenters. The first-order valence-corrected chi connectivity index (χ1v) is 55.4. The lowest BCUT2D eigenvalue weighted by Gasteiger charge is -2.34. The van der Waals surface area contributed by atoms with E-state index in [1.54, 1.807) is 0 Å². The summed E-state index contributed by atoms with van der Waals surface area (Å²) in [5.41, 5.74) is 9.38. The maximum absolute atomic E-state index is 12.4. The minimum absolute atomic E-state index is 0.0882. The summed E-state index contributed by atoms with van der Waals surface area (Å²) >= 11 is 0. The summed E-state index contributed by atoms with van der Waals surface area (Å²) in [6.45, 7) is 8.23. The van der Waals surface area contributed by atoms with Crippen LogP contribution in [0.5, 0.6) is 23.0 Å². The van der Waals surface area contributed by atoms with Gasteiger partial charge in [-0.3, -0.25) is 19.2 Å². The van der Waals surface area contributed by atoms with Gasteiger partial charge in [-0.15, -0.1) is 0 Å². The zero-order valence-corrected chi connectivity index (χ0v) is 85.8. The molecule has 12 aliphatic rings. The molecule has 12 N–H and O–H groups in total. The maximum Gasteiger partial charge on any atom is 0.344 e. The number of rotatable bonds is 50. The number of carbonyl (C=O) groups excluding carboxylic acids is 4. The third-order valence-electron chi connectivity index (χ3n) is 34.7. The monoisotopic (exact) mass is 2010 g/mol. The molecule has 8 saturated carbocycles. The molecule has 28 nitrogen and oxygen atoms in total. The molecule has 12 aliphatic carbocycles. The van der Waals surface area contributed by atoms with Gasteiger partial charge in [0.15, 0.2) is 26.4 Å². The molecule has 0 bridgehead atoms. The smallest absolute Gasteiger partial charge is 0.344 e. The molecule has 800 valence electrons. The second-order valence-electron chi connectivity index (χ2n) is 44.9. The summed E-state index contributed by atoms with van der Waals surface area (Å²) in [7, 11) is 0. The fraction of sp³-hybridized carbons (Fsp3) is 0.724. The van der Waals surface area contributed by atoms with Gasteiger partial charge in [-0.25, -0.2) is 19.2 Å². The molecule has 0 radical (unpaired) electrons. The van der Waals surface area contributed by atoms with Gasteiger partial charge in [-0.05, 0) is 370 Å². The van der Waals surface area contributed by atoms with Crippen LogP contribution in [0.15, 0.2) is 72.8 Å². The summed E-state index contributed by atoms with van der Waals surface area (Å²) < 4.78 is 45.2. The minimum atomic E-state index is -0.842. The van der Waals surface area contributed by atoms with Crippen molar-refractivity contribution in [3.05, 3.63) is 117 Å². The first kappa shape index (κ1) is 113. The number of hydrogen-bond donors (Lipinski definition) is 12. The van der Waals surface area contributed by atoms with Crippen molar-refractivity contribution in [1.29, 1.82) is 0 Å². The van der Waals surface area contributed by atoms with Crippen LogP contribution in [-0.2, 0) is 109 Å². The Kier molecular flexibility index (Phi) is 43.6. The zero-order chi connectivity index (χ0) is 103. The molecular formula is C116H168O28. The predicted molar refractivity (Wildman–Crippen MR) is 539 cm³/mol. The number of esters is 4. The molecule has 0 aliphatic heterocycles. The fourth-order valence-electron chi connectivity index (χ4n) is 26.4. The van der Waals surface area contributed by atoms with Crippen molar-refractivity contribution in [3.63, 3.8) is 0 Å². The Labute approximate surface area is 851 Å². The molecule has 0 saturated heterocycles. The lowest BCUT2D eigenvalue weighted by Crippen LogP contribution is -2.38. The van der Waals surface area contributed by atoms with Crippen LogP contribution in [0.3, 0.4) is 0 Å². The van der Waals surface area contributed by atoms with E-state index in [1.165, 1.54) is 22.3 Å². The summed E-state index contributed by atoms with van der Waals surface area (Å²) in [6, 6.07) is 23.9. The average molecular weight is 2010 g/mol. The van der Waals surface area contributed by atoms with E-state index in [9.17, 15) is 79.2 Å². The molecule has 0 spiro atoms. The van der Waals surface area contributed by atoms with E-state index in [0.717, 1.165) is 253 Å². The van der Waals surface area contributed by atoms with E-state index < -0.39 is 53.7 Å². The van der Waals surface area contributed by atoms with Crippen LogP contribution >= 0.6 is 0 Å². The van der Waals surface area contributed by atoms with E-state index in [2.05, 4.69) is 52.0 Å². The highest BCUT2D eigenvalue weighted by Crippen LogP contribution is 2.54. The molecule has 16 rings (SSSR count). The fourth-order valence-corrected chi connectivity index (χ4v) is 26.4. The average Bonchev–Trinajstić information content (AvgIpc) is 1.64. The van der Waals surface area contributed by atoms with E-state index in [0.29, 0.717) is 135 Å². The van der Waals surface area contributed by atoms with Crippen LogP contribution in [0.1, 0.15) is 323 Å².